The van der Waals surface area contributed by atoms with Crippen LogP contribution in [0.5, 0.6) is 0 Å². The molecule has 3 aromatic carbocycles. The topological polar surface area (TPSA) is 80.8 Å². The molecular formula is C26H14ClF2NO5. The van der Waals surface area contributed by atoms with Gasteiger partial charge >= 0.3 is 0 Å². The first-order chi connectivity index (χ1) is 16.8. The Morgan fingerprint density at radius 3 is 2.09 bits per heavy atom. The Balaban J connectivity index is 1.57. The maximum Gasteiger partial charge on any atom is 0.241 e. The Kier molecular flexibility index (Phi) is 4.58. The number of ketones is 2. The van der Waals surface area contributed by atoms with Crippen molar-refractivity contribution in [2.75, 3.05) is 4.90 Å². The number of rotatable bonds is 2. The summed E-state index contributed by atoms with van der Waals surface area (Å²) in [7, 11) is 0. The zero-order valence-corrected chi connectivity index (χ0v) is 18.5. The number of hydrogen-bond acceptors (Lipinski definition) is 5. The van der Waals surface area contributed by atoms with Gasteiger partial charge in [0.15, 0.2) is 0 Å². The van der Waals surface area contributed by atoms with Crippen LogP contribution in [-0.2, 0) is 14.3 Å². The van der Waals surface area contributed by atoms with E-state index in [1.54, 1.807) is 36.4 Å². The summed E-state index contributed by atoms with van der Waals surface area (Å²) in [5, 5.41) is 0.204. The second-order valence-electron chi connectivity index (χ2n) is 8.61. The van der Waals surface area contributed by atoms with Crippen molar-refractivity contribution in [3.05, 3.63) is 100 Å². The number of carbonyl (C=O) groups excluding carboxylic acids is 4. The first-order valence-electron chi connectivity index (χ1n) is 10.7. The minimum absolute atomic E-state index is 0.0720. The molecule has 6 rings (SSSR count). The molecule has 2 heterocycles. The Bertz CT molecular complexity index is 1450. The van der Waals surface area contributed by atoms with Crippen LogP contribution in [0.3, 0.4) is 0 Å². The summed E-state index contributed by atoms with van der Waals surface area (Å²) < 4.78 is 34.3. The fraction of sp³-hybridized carbons (Fsp3) is 0.154. The SMILES string of the molecule is O=C1[C@@H]2[C@@H](c3ccccc3Cl)OC3(C(=O)c4ccccc4C3=O)[C@H]2C(=O)N1c1ccc(F)cc1F. The van der Waals surface area contributed by atoms with Crippen LogP contribution < -0.4 is 4.90 Å². The number of fused-ring (bicyclic) bond motifs is 3. The minimum atomic E-state index is -2.31. The maximum atomic E-state index is 14.7. The number of benzene rings is 3. The van der Waals surface area contributed by atoms with Gasteiger partial charge in [-0.25, -0.2) is 13.7 Å². The fourth-order valence-corrected chi connectivity index (χ4v) is 5.65. The number of imide groups is 1. The number of carbonyl (C=O) groups is 4. The molecule has 3 aliphatic rings. The van der Waals surface area contributed by atoms with Crippen molar-refractivity contribution in [1.29, 1.82) is 0 Å². The highest BCUT2D eigenvalue weighted by Gasteiger charge is 2.75. The van der Waals surface area contributed by atoms with E-state index in [0.717, 1.165) is 12.1 Å². The second-order valence-corrected chi connectivity index (χ2v) is 9.02. The van der Waals surface area contributed by atoms with Crippen LogP contribution in [0.2, 0.25) is 5.02 Å². The number of ether oxygens (including phenoxy) is 1. The standard InChI is InChI=1S/C26H14ClF2NO5/c27-16-8-4-3-7-15(16)21-19-20(25(34)30(24(19)33)18-10-9-12(28)11-17(18)29)26(35-21)22(31)13-5-1-2-6-14(13)23(26)32/h1-11,19-21H/t19-,20+,21+/m0/s1. The molecule has 2 saturated heterocycles. The molecule has 174 valence electrons. The van der Waals surface area contributed by atoms with Gasteiger partial charge in [0.05, 0.1) is 23.6 Å². The summed E-state index contributed by atoms with van der Waals surface area (Å²) >= 11 is 6.37. The number of halogens is 3. The quantitative estimate of drug-likeness (QED) is 0.392. The molecule has 0 radical (unpaired) electrons. The predicted molar refractivity (Wildman–Crippen MR) is 119 cm³/mol. The molecule has 0 unspecified atom stereocenters. The van der Waals surface area contributed by atoms with Gasteiger partial charge in [-0.15, -0.1) is 0 Å². The molecule has 9 heteroatoms. The lowest BCUT2D eigenvalue weighted by Crippen LogP contribution is -2.51. The van der Waals surface area contributed by atoms with Crippen LogP contribution in [0.25, 0.3) is 0 Å². The van der Waals surface area contributed by atoms with Gasteiger partial charge in [0.2, 0.25) is 29.0 Å². The van der Waals surface area contributed by atoms with E-state index in [2.05, 4.69) is 0 Å². The van der Waals surface area contributed by atoms with Gasteiger partial charge in [-0.3, -0.25) is 19.2 Å². The summed E-state index contributed by atoms with van der Waals surface area (Å²) in [4.78, 5) is 55.3. The monoisotopic (exact) mass is 493 g/mol. The van der Waals surface area contributed by atoms with Crippen LogP contribution in [-0.4, -0.2) is 29.0 Å². The molecule has 0 aromatic heterocycles. The van der Waals surface area contributed by atoms with Gasteiger partial charge in [0, 0.05) is 27.8 Å². The zero-order valence-electron chi connectivity index (χ0n) is 17.7. The molecule has 0 N–H and O–H groups in total. The maximum absolute atomic E-state index is 14.7. The molecular weight excluding hydrogens is 480 g/mol. The molecule has 3 atom stereocenters. The highest BCUT2D eigenvalue weighted by Crippen LogP contribution is 2.58. The van der Waals surface area contributed by atoms with Crippen molar-refractivity contribution in [3.8, 4) is 0 Å². The van der Waals surface area contributed by atoms with Crippen LogP contribution in [0.1, 0.15) is 32.4 Å². The first kappa shape index (κ1) is 21.8. The van der Waals surface area contributed by atoms with E-state index in [9.17, 15) is 28.0 Å². The third kappa shape index (κ3) is 2.72. The molecule has 2 amide bonds. The van der Waals surface area contributed by atoms with Crippen molar-refractivity contribution < 1.29 is 32.7 Å². The zero-order chi connectivity index (χ0) is 24.6. The molecule has 2 fully saturated rings. The molecule has 1 spiro atoms. The summed E-state index contributed by atoms with van der Waals surface area (Å²) in [6, 6.07) is 14.9. The lowest BCUT2D eigenvalue weighted by atomic mass is 9.77. The Hall–Kier alpha value is -3.75. The molecule has 2 aliphatic heterocycles. The Labute approximate surface area is 202 Å². The van der Waals surface area contributed by atoms with Gasteiger partial charge in [0.25, 0.3) is 0 Å². The number of anilines is 1. The highest BCUT2D eigenvalue weighted by atomic mass is 35.5. The lowest BCUT2D eigenvalue weighted by molar-refractivity contribution is -0.127. The normalized spacial score (nSPS) is 24.4. The molecule has 0 saturated carbocycles. The number of hydrogen-bond donors (Lipinski definition) is 0. The van der Waals surface area contributed by atoms with Crippen molar-refractivity contribution in [2.45, 2.75) is 11.7 Å². The molecule has 0 bridgehead atoms. The predicted octanol–water partition coefficient (Wildman–Crippen LogP) is 4.31. The van der Waals surface area contributed by atoms with Gasteiger partial charge in [-0.05, 0) is 18.2 Å². The summed E-state index contributed by atoms with van der Waals surface area (Å²) in [5.41, 5.74) is -2.33. The highest BCUT2D eigenvalue weighted by molar-refractivity contribution is 6.37. The van der Waals surface area contributed by atoms with Crippen LogP contribution in [0.15, 0.2) is 66.7 Å². The van der Waals surface area contributed by atoms with Crippen LogP contribution in [0.4, 0.5) is 14.5 Å². The largest absolute Gasteiger partial charge is 0.349 e. The number of amides is 2. The Morgan fingerprint density at radius 2 is 1.46 bits per heavy atom. The third-order valence-corrected chi connectivity index (χ3v) is 7.23. The summed E-state index contributed by atoms with van der Waals surface area (Å²) in [6.45, 7) is 0. The van der Waals surface area contributed by atoms with Crippen molar-refractivity contribution in [3.63, 3.8) is 0 Å². The number of nitrogens with zero attached hydrogens (tertiary/aromatic N) is 1. The lowest BCUT2D eigenvalue weighted by Gasteiger charge is -2.27. The smallest absolute Gasteiger partial charge is 0.241 e. The average Bonchev–Trinajstić information content (AvgIpc) is 3.40. The van der Waals surface area contributed by atoms with Gasteiger partial charge < -0.3 is 4.74 Å². The van der Waals surface area contributed by atoms with Gasteiger partial charge in [-0.1, -0.05) is 54.1 Å². The van der Waals surface area contributed by atoms with E-state index in [0.29, 0.717) is 16.5 Å². The Morgan fingerprint density at radius 1 is 0.829 bits per heavy atom. The second kappa shape index (κ2) is 7.37. The summed E-state index contributed by atoms with van der Waals surface area (Å²) in [5.74, 6) is -8.27. The van der Waals surface area contributed by atoms with E-state index < -0.39 is 64.2 Å². The van der Waals surface area contributed by atoms with E-state index in [4.69, 9.17) is 16.3 Å². The van der Waals surface area contributed by atoms with E-state index in [-0.39, 0.29) is 16.1 Å². The average molecular weight is 494 g/mol. The fourth-order valence-electron chi connectivity index (χ4n) is 5.41. The minimum Gasteiger partial charge on any atom is -0.349 e. The molecule has 35 heavy (non-hydrogen) atoms. The van der Waals surface area contributed by atoms with Crippen LogP contribution >= 0.6 is 11.6 Å². The summed E-state index contributed by atoms with van der Waals surface area (Å²) in [6.07, 6.45) is -1.24. The van der Waals surface area contributed by atoms with E-state index >= 15 is 0 Å². The van der Waals surface area contributed by atoms with Crippen molar-refractivity contribution in [1.82, 2.24) is 0 Å². The third-order valence-electron chi connectivity index (χ3n) is 6.88. The van der Waals surface area contributed by atoms with Gasteiger partial charge in [-0.2, -0.15) is 0 Å². The molecule has 3 aromatic rings. The van der Waals surface area contributed by atoms with Gasteiger partial charge in [0.1, 0.15) is 11.6 Å². The van der Waals surface area contributed by atoms with Crippen molar-refractivity contribution in [2.24, 2.45) is 11.8 Å². The van der Waals surface area contributed by atoms with Crippen LogP contribution in [0, 0.1) is 23.5 Å². The van der Waals surface area contributed by atoms with Crippen molar-refractivity contribution >= 4 is 40.7 Å². The van der Waals surface area contributed by atoms with E-state index in [1.807, 2.05) is 0 Å². The first-order valence-corrected chi connectivity index (χ1v) is 11.1. The molecule has 6 nitrogen and oxygen atoms in total. The van der Waals surface area contributed by atoms with E-state index in [1.165, 1.54) is 12.1 Å². The molecule has 1 aliphatic carbocycles. The number of Topliss-reactive ketones (excluding diaryl/α,β-unsaturated/α-hetero) is 2.